The summed E-state index contributed by atoms with van der Waals surface area (Å²) in [6, 6.07) is 2.03. The van der Waals surface area contributed by atoms with Gasteiger partial charge in [0.05, 0.1) is 6.61 Å². The molecule has 1 aromatic rings. The van der Waals surface area contributed by atoms with Gasteiger partial charge in [-0.3, -0.25) is 4.79 Å². The molecule has 1 aliphatic rings. The molecule has 0 spiro atoms. The number of rotatable bonds is 1. The average Bonchev–Trinajstić information content (AvgIpc) is 2.49. The van der Waals surface area contributed by atoms with E-state index in [1.807, 2.05) is 11.4 Å². The summed E-state index contributed by atoms with van der Waals surface area (Å²) in [4.78, 5) is 11.9. The van der Waals surface area contributed by atoms with Gasteiger partial charge in [-0.2, -0.15) is 0 Å². The van der Waals surface area contributed by atoms with E-state index in [0.717, 1.165) is 11.3 Å². The van der Waals surface area contributed by atoms with E-state index < -0.39 is 12.0 Å². The predicted octanol–water partition coefficient (Wildman–Crippen LogP) is 0.847. The molecule has 1 atom stereocenters. The lowest BCUT2D eigenvalue weighted by Crippen LogP contribution is -2.27. The number of fused-ring (bicyclic) bond motifs is 1. The smallest absolute Gasteiger partial charge is 0.252 e. The van der Waals surface area contributed by atoms with Crippen LogP contribution in [0.3, 0.4) is 0 Å². The average molecular weight is 183 g/mol. The van der Waals surface area contributed by atoms with Crippen molar-refractivity contribution in [3.63, 3.8) is 0 Å². The third kappa shape index (κ3) is 1.13. The molecule has 0 radical (unpaired) electrons. The lowest BCUT2D eigenvalue weighted by atomic mass is 10.1. The summed E-state index contributed by atoms with van der Waals surface area (Å²) >= 11 is 1.54. The molecule has 0 bridgehead atoms. The van der Waals surface area contributed by atoms with Crippen molar-refractivity contribution in [2.75, 3.05) is 6.61 Å². The van der Waals surface area contributed by atoms with Crippen molar-refractivity contribution >= 4 is 17.2 Å². The molecule has 1 aliphatic heterocycles. The Morgan fingerprint density at radius 2 is 2.58 bits per heavy atom. The molecule has 0 fully saturated rings. The molecule has 0 saturated carbocycles. The number of amides is 1. The Bertz CT molecular complexity index is 308. The third-order valence-corrected chi connectivity index (χ3v) is 2.94. The first-order chi connectivity index (χ1) is 5.79. The Balaban J connectivity index is 2.37. The van der Waals surface area contributed by atoms with Crippen LogP contribution in [0.5, 0.6) is 0 Å². The van der Waals surface area contributed by atoms with Gasteiger partial charge in [-0.1, -0.05) is 0 Å². The highest BCUT2D eigenvalue weighted by molar-refractivity contribution is 7.10. The van der Waals surface area contributed by atoms with Gasteiger partial charge in [0.2, 0.25) is 0 Å². The highest BCUT2D eigenvalue weighted by Crippen LogP contribution is 2.31. The van der Waals surface area contributed by atoms with Crippen LogP contribution >= 0.6 is 11.3 Å². The summed E-state index contributed by atoms with van der Waals surface area (Å²) < 4.78 is 5.26. The maximum Gasteiger partial charge on any atom is 0.252 e. The minimum Gasteiger partial charge on any atom is -0.367 e. The van der Waals surface area contributed by atoms with Gasteiger partial charge in [-0.15, -0.1) is 11.3 Å². The molecule has 0 aliphatic carbocycles. The van der Waals surface area contributed by atoms with Gasteiger partial charge in [0.15, 0.2) is 6.10 Å². The normalized spacial score (nSPS) is 21.8. The summed E-state index contributed by atoms with van der Waals surface area (Å²) in [6.45, 7) is 0.595. The summed E-state index contributed by atoms with van der Waals surface area (Å²) in [5.74, 6) is -0.390. The number of nitrogens with two attached hydrogens (primary N) is 1. The maximum absolute atomic E-state index is 10.9. The maximum atomic E-state index is 10.9. The zero-order chi connectivity index (χ0) is 8.55. The number of primary amides is 1. The fraction of sp³-hybridized carbons (Fsp3) is 0.375. The van der Waals surface area contributed by atoms with Crippen LogP contribution in [-0.4, -0.2) is 12.5 Å². The number of thiophene rings is 1. The molecular weight excluding hydrogens is 174 g/mol. The van der Waals surface area contributed by atoms with E-state index in [1.54, 1.807) is 0 Å². The number of hydrogen-bond acceptors (Lipinski definition) is 3. The Morgan fingerprint density at radius 1 is 1.75 bits per heavy atom. The minimum atomic E-state index is -0.506. The Hall–Kier alpha value is -0.870. The van der Waals surface area contributed by atoms with Crippen molar-refractivity contribution in [2.45, 2.75) is 12.5 Å². The first-order valence-corrected chi connectivity index (χ1v) is 4.64. The Labute approximate surface area is 74.1 Å². The van der Waals surface area contributed by atoms with E-state index in [9.17, 15) is 4.79 Å². The van der Waals surface area contributed by atoms with Crippen molar-refractivity contribution in [2.24, 2.45) is 5.73 Å². The largest absolute Gasteiger partial charge is 0.367 e. The van der Waals surface area contributed by atoms with E-state index in [1.165, 1.54) is 16.9 Å². The molecule has 2 heterocycles. The monoisotopic (exact) mass is 183 g/mol. The van der Waals surface area contributed by atoms with Crippen LogP contribution in [0.15, 0.2) is 11.4 Å². The van der Waals surface area contributed by atoms with Gasteiger partial charge >= 0.3 is 0 Å². The quantitative estimate of drug-likeness (QED) is 0.701. The number of carbonyl (C=O) groups excluding carboxylic acids is 1. The lowest BCUT2D eigenvalue weighted by Gasteiger charge is -2.19. The SMILES string of the molecule is NC(=O)C1OCCc2ccsc21. The molecule has 2 rings (SSSR count). The molecule has 3 nitrogen and oxygen atoms in total. The zero-order valence-electron chi connectivity index (χ0n) is 6.45. The first-order valence-electron chi connectivity index (χ1n) is 3.76. The van der Waals surface area contributed by atoms with Crippen molar-refractivity contribution in [3.05, 3.63) is 21.9 Å². The van der Waals surface area contributed by atoms with Crippen LogP contribution in [0.25, 0.3) is 0 Å². The standard InChI is InChI=1S/C8H9NO2S/c9-8(10)6-7-5(1-3-11-6)2-4-12-7/h2,4,6H,1,3H2,(H2,9,10). The zero-order valence-corrected chi connectivity index (χ0v) is 7.26. The second-order valence-corrected chi connectivity index (χ2v) is 3.66. The summed E-state index contributed by atoms with van der Waals surface area (Å²) in [7, 11) is 0. The highest BCUT2D eigenvalue weighted by atomic mass is 32.1. The molecule has 0 saturated heterocycles. The highest BCUT2D eigenvalue weighted by Gasteiger charge is 2.26. The first kappa shape index (κ1) is 7.76. The second kappa shape index (κ2) is 2.88. The van der Waals surface area contributed by atoms with E-state index in [0.29, 0.717) is 6.61 Å². The summed E-state index contributed by atoms with van der Waals surface area (Å²) in [6.07, 6.45) is 0.386. The lowest BCUT2D eigenvalue weighted by molar-refractivity contribution is -0.130. The molecule has 12 heavy (non-hydrogen) atoms. The van der Waals surface area contributed by atoms with E-state index >= 15 is 0 Å². The third-order valence-electron chi connectivity index (χ3n) is 1.93. The molecule has 1 aromatic heterocycles. The predicted molar refractivity (Wildman–Crippen MR) is 45.9 cm³/mol. The molecular formula is C8H9NO2S. The number of hydrogen-bond donors (Lipinski definition) is 1. The molecule has 1 unspecified atom stereocenters. The molecule has 4 heteroatoms. The van der Waals surface area contributed by atoms with Gasteiger partial charge in [0.25, 0.3) is 5.91 Å². The van der Waals surface area contributed by atoms with E-state index in [2.05, 4.69) is 0 Å². The van der Waals surface area contributed by atoms with Crippen LogP contribution in [0.4, 0.5) is 0 Å². The van der Waals surface area contributed by atoms with E-state index in [4.69, 9.17) is 10.5 Å². The Morgan fingerprint density at radius 3 is 3.33 bits per heavy atom. The molecule has 2 N–H and O–H groups in total. The van der Waals surface area contributed by atoms with Gasteiger partial charge in [0.1, 0.15) is 0 Å². The molecule has 1 amide bonds. The van der Waals surface area contributed by atoms with Crippen LogP contribution in [0.2, 0.25) is 0 Å². The van der Waals surface area contributed by atoms with Gasteiger partial charge in [0, 0.05) is 4.88 Å². The summed E-state index contributed by atoms with van der Waals surface area (Å²) in [5.41, 5.74) is 6.39. The Kier molecular flexibility index (Phi) is 1.86. The van der Waals surface area contributed by atoms with Gasteiger partial charge < -0.3 is 10.5 Å². The fourth-order valence-corrected chi connectivity index (χ4v) is 2.37. The van der Waals surface area contributed by atoms with Gasteiger partial charge in [-0.25, -0.2) is 0 Å². The van der Waals surface area contributed by atoms with Gasteiger partial charge in [-0.05, 0) is 23.4 Å². The van der Waals surface area contributed by atoms with Crippen LogP contribution < -0.4 is 5.73 Å². The summed E-state index contributed by atoms with van der Waals surface area (Å²) in [5, 5.41) is 1.97. The van der Waals surface area contributed by atoms with Crippen LogP contribution in [-0.2, 0) is 16.0 Å². The van der Waals surface area contributed by atoms with Crippen molar-refractivity contribution < 1.29 is 9.53 Å². The van der Waals surface area contributed by atoms with Crippen LogP contribution in [0.1, 0.15) is 16.5 Å². The topological polar surface area (TPSA) is 52.3 Å². The van der Waals surface area contributed by atoms with Crippen molar-refractivity contribution in [1.82, 2.24) is 0 Å². The van der Waals surface area contributed by atoms with Crippen molar-refractivity contribution in [3.8, 4) is 0 Å². The number of ether oxygens (including phenoxy) is 1. The van der Waals surface area contributed by atoms with Crippen molar-refractivity contribution in [1.29, 1.82) is 0 Å². The fourth-order valence-electron chi connectivity index (χ4n) is 1.36. The second-order valence-electron chi connectivity index (χ2n) is 2.71. The van der Waals surface area contributed by atoms with Crippen LogP contribution in [0, 0.1) is 0 Å². The minimum absolute atomic E-state index is 0.390. The molecule has 64 valence electrons. The van der Waals surface area contributed by atoms with E-state index in [-0.39, 0.29) is 0 Å². The number of carbonyl (C=O) groups is 1. The molecule has 0 aromatic carbocycles.